The highest BCUT2D eigenvalue weighted by Gasteiger charge is 2.33. The normalized spacial score (nSPS) is 17.7. The van der Waals surface area contributed by atoms with Crippen LogP contribution in [0.15, 0.2) is 17.0 Å². The highest BCUT2D eigenvalue weighted by Crippen LogP contribution is 2.41. The molecule has 0 radical (unpaired) electrons. The molecular formula is C15H13NO6S2. The third-order valence-corrected chi connectivity index (χ3v) is 4.64. The number of ether oxygens (including phenoxy) is 3. The average Bonchev–Trinajstić information content (AvgIpc) is 3.07. The van der Waals surface area contributed by atoms with E-state index >= 15 is 0 Å². The predicted molar refractivity (Wildman–Crippen MR) is 91.2 cm³/mol. The molecule has 2 heterocycles. The van der Waals surface area contributed by atoms with Crippen LogP contribution in [-0.4, -0.2) is 46.1 Å². The van der Waals surface area contributed by atoms with Crippen LogP contribution in [0.25, 0.3) is 6.08 Å². The molecule has 1 aromatic rings. The number of carboxylic acid groups (broad SMARTS) is 1. The molecule has 1 amide bonds. The Bertz CT molecular complexity index is 761. The van der Waals surface area contributed by atoms with Crippen molar-refractivity contribution < 1.29 is 28.9 Å². The topological polar surface area (TPSA) is 85.3 Å². The molecule has 0 saturated carbocycles. The summed E-state index contributed by atoms with van der Waals surface area (Å²) in [6, 6.07) is 3.42. The summed E-state index contributed by atoms with van der Waals surface area (Å²) >= 11 is 6.14. The Kier molecular flexibility index (Phi) is 4.63. The van der Waals surface area contributed by atoms with Crippen molar-refractivity contribution in [3.8, 4) is 17.2 Å². The number of carbonyl (C=O) groups is 2. The molecule has 0 aliphatic carbocycles. The summed E-state index contributed by atoms with van der Waals surface area (Å²) in [6.45, 7) is 1.97. The van der Waals surface area contributed by atoms with Crippen LogP contribution in [0.2, 0.25) is 0 Å². The lowest BCUT2D eigenvalue weighted by atomic mass is 10.1. The summed E-state index contributed by atoms with van der Waals surface area (Å²) in [5.74, 6) is 0.128. The lowest BCUT2D eigenvalue weighted by molar-refractivity contribution is -0.140. The van der Waals surface area contributed by atoms with Crippen LogP contribution in [0, 0.1) is 0 Å². The van der Waals surface area contributed by atoms with Crippen molar-refractivity contribution in [2.24, 2.45) is 0 Å². The second-order valence-electron chi connectivity index (χ2n) is 4.84. The van der Waals surface area contributed by atoms with E-state index in [-0.39, 0.29) is 11.1 Å². The number of aliphatic carboxylic acids is 1. The van der Waals surface area contributed by atoms with E-state index in [0.717, 1.165) is 16.7 Å². The molecule has 0 spiro atoms. The van der Waals surface area contributed by atoms with Gasteiger partial charge in [0.1, 0.15) is 16.6 Å². The standard InChI is InChI=1S/C15H13NO6S2/c1-2-20-9-5-11-10(21-7-22-11)3-8(9)4-12-14(19)16(6-13(17)18)15(23)24-12/h3-5H,2,6-7H2,1H3,(H,17,18)/b12-4-. The number of fused-ring (bicyclic) bond motifs is 1. The van der Waals surface area contributed by atoms with E-state index in [1.165, 1.54) is 0 Å². The van der Waals surface area contributed by atoms with Gasteiger partial charge >= 0.3 is 5.97 Å². The number of carbonyl (C=O) groups excluding carboxylic acids is 1. The largest absolute Gasteiger partial charge is 0.493 e. The van der Waals surface area contributed by atoms with Crippen LogP contribution in [0.3, 0.4) is 0 Å². The number of carboxylic acids is 1. The Balaban J connectivity index is 1.95. The van der Waals surface area contributed by atoms with Gasteiger partial charge in [0.05, 0.1) is 11.5 Å². The third kappa shape index (κ3) is 3.17. The van der Waals surface area contributed by atoms with Gasteiger partial charge < -0.3 is 19.3 Å². The fraction of sp³-hybridized carbons (Fsp3) is 0.267. The fourth-order valence-corrected chi connectivity index (χ4v) is 3.49. The van der Waals surface area contributed by atoms with Gasteiger partial charge in [-0.15, -0.1) is 0 Å². The first-order valence-electron chi connectivity index (χ1n) is 7.03. The first kappa shape index (κ1) is 16.6. The number of amides is 1. The molecule has 126 valence electrons. The van der Waals surface area contributed by atoms with Gasteiger partial charge in [0, 0.05) is 11.6 Å². The van der Waals surface area contributed by atoms with Crippen molar-refractivity contribution in [1.82, 2.24) is 4.90 Å². The SMILES string of the molecule is CCOc1cc2c(cc1/C=C1\SC(=S)N(CC(=O)O)C1=O)OCO2. The highest BCUT2D eigenvalue weighted by atomic mass is 32.2. The van der Waals surface area contributed by atoms with Crippen LogP contribution in [0.5, 0.6) is 17.2 Å². The molecule has 3 rings (SSSR count). The first-order chi connectivity index (χ1) is 11.5. The van der Waals surface area contributed by atoms with Gasteiger partial charge in [-0.05, 0) is 19.1 Å². The number of nitrogens with zero attached hydrogens (tertiary/aromatic N) is 1. The number of benzene rings is 1. The van der Waals surface area contributed by atoms with E-state index in [0.29, 0.717) is 34.3 Å². The maximum Gasteiger partial charge on any atom is 0.323 e. The van der Waals surface area contributed by atoms with Crippen LogP contribution < -0.4 is 14.2 Å². The fourth-order valence-electron chi connectivity index (χ4n) is 2.25. The summed E-state index contributed by atoms with van der Waals surface area (Å²) in [5, 5.41) is 8.87. The maximum atomic E-state index is 12.3. The Morgan fingerprint density at radius 3 is 2.83 bits per heavy atom. The zero-order valence-corrected chi connectivity index (χ0v) is 14.2. The van der Waals surface area contributed by atoms with Crippen molar-refractivity contribution >= 4 is 46.3 Å². The predicted octanol–water partition coefficient (Wildman–Crippen LogP) is 2.10. The van der Waals surface area contributed by atoms with Crippen molar-refractivity contribution in [1.29, 1.82) is 0 Å². The number of hydrogen-bond acceptors (Lipinski definition) is 7. The summed E-state index contributed by atoms with van der Waals surface area (Å²) in [4.78, 5) is 24.6. The van der Waals surface area contributed by atoms with Crippen molar-refractivity contribution in [3.05, 3.63) is 22.6 Å². The van der Waals surface area contributed by atoms with Crippen LogP contribution >= 0.6 is 24.0 Å². The molecule has 1 N–H and O–H groups in total. The monoisotopic (exact) mass is 367 g/mol. The number of rotatable bonds is 5. The van der Waals surface area contributed by atoms with Crippen LogP contribution in [0.1, 0.15) is 12.5 Å². The molecule has 9 heteroatoms. The summed E-state index contributed by atoms with van der Waals surface area (Å²) in [7, 11) is 0. The molecule has 0 bridgehead atoms. The van der Waals surface area contributed by atoms with E-state index in [1.54, 1.807) is 18.2 Å². The Hall–Kier alpha value is -2.26. The van der Waals surface area contributed by atoms with E-state index in [4.69, 9.17) is 31.5 Å². The molecular weight excluding hydrogens is 354 g/mol. The molecule has 0 aromatic heterocycles. The molecule has 2 aliphatic rings. The van der Waals surface area contributed by atoms with E-state index in [9.17, 15) is 9.59 Å². The summed E-state index contributed by atoms with van der Waals surface area (Å²) in [6.07, 6.45) is 1.62. The Labute approximate surface area is 147 Å². The molecule has 1 saturated heterocycles. The van der Waals surface area contributed by atoms with Gasteiger partial charge in [0.25, 0.3) is 5.91 Å². The molecule has 2 aliphatic heterocycles. The number of thiocarbonyl (C=S) groups is 1. The minimum atomic E-state index is -1.12. The van der Waals surface area contributed by atoms with Crippen molar-refractivity contribution in [2.45, 2.75) is 6.92 Å². The Morgan fingerprint density at radius 2 is 2.17 bits per heavy atom. The summed E-state index contributed by atoms with van der Waals surface area (Å²) in [5.41, 5.74) is 0.636. The zero-order valence-electron chi connectivity index (χ0n) is 12.6. The molecule has 0 atom stereocenters. The number of hydrogen-bond donors (Lipinski definition) is 1. The molecule has 1 aromatic carbocycles. The second kappa shape index (κ2) is 6.70. The van der Waals surface area contributed by atoms with Gasteiger partial charge in [-0.2, -0.15) is 0 Å². The third-order valence-electron chi connectivity index (χ3n) is 3.26. The smallest absolute Gasteiger partial charge is 0.323 e. The van der Waals surface area contributed by atoms with E-state index < -0.39 is 18.4 Å². The van der Waals surface area contributed by atoms with E-state index in [2.05, 4.69) is 0 Å². The maximum absolute atomic E-state index is 12.3. The second-order valence-corrected chi connectivity index (χ2v) is 6.51. The van der Waals surface area contributed by atoms with Gasteiger partial charge in [-0.3, -0.25) is 14.5 Å². The highest BCUT2D eigenvalue weighted by molar-refractivity contribution is 8.26. The van der Waals surface area contributed by atoms with Crippen LogP contribution in [-0.2, 0) is 9.59 Å². The van der Waals surface area contributed by atoms with Gasteiger partial charge in [-0.1, -0.05) is 24.0 Å². The molecule has 1 fully saturated rings. The lowest BCUT2D eigenvalue weighted by Gasteiger charge is -2.10. The van der Waals surface area contributed by atoms with Crippen molar-refractivity contribution in [2.75, 3.05) is 19.9 Å². The lowest BCUT2D eigenvalue weighted by Crippen LogP contribution is -2.33. The molecule has 24 heavy (non-hydrogen) atoms. The quantitative estimate of drug-likeness (QED) is 0.626. The minimum absolute atomic E-state index is 0.130. The molecule has 0 unspecified atom stereocenters. The van der Waals surface area contributed by atoms with Gasteiger partial charge in [-0.25, -0.2) is 0 Å². The molecule has 7 nitrogen and oxygen atoms in total. The summed E-state index contributed by atoms with van der Waals surface area (Å²) < 4.78 is 16.5. The minimum Gasteiger partial charge on any atom is -0.493 e. The Morgan fingerprint density at radius 1 is 1.46 bits per heavy atom. The van der Waals surface area contributed by atoms with Gasteiger partial charge in [0.2, 0.25) is 6.79 Å². The van der Waals surface area contributed by atoms with Gasteiger partial charge in [0.15, 0.2) is 11.5 Å². The zero-order chi connectivity index (χ0) is 17.3. The first-order valence-corrected chi connectivity index (χ1v) is 8.25. The van der Waals surface area contributed by atoms with Crippen LogP contribution in [0.4, 0.5) is 0 Å². The average molecular weight is 367 g/mol. The van der Waals surface area contributed by atoms with E-state index in [1.807, 2.05) is 6.92 Å². The number of thioether (sulfide) groups is 1. The van der Waals surface area contributed by atoms with Crippen molar-refractivity contribution in [3.63, 3.8) is 0 Å².